The number of hydrogen-bond acceptors (Lipinski definition) is 4. The van der Waals surface area contributed by atoms with Crippen LogP contribution in [0, 0.1) is 4.77 Å². The maximum absolute atomic E-state index is 12.5. The summed E-state index contributed by atoms with van der Waals surface area (Å²) >= 11 is 6.70. The minimum Gasteiger partial charge on any atom is -0.494 e. The summed E-state index contributed by atoms with van der Waals surface area (Å²) in [5.41, 5.74) is 1.38. The van der Waals surface area contributed by atoms with Crippen LogP contribution in [-0.4, -0.2) is 16.2 Å². The van der Waals surface area contributed by atoms with Crippen LogP contribution in [0.3, 0.4) is 0 Å². The number of thiophene rings is 1. The Morgan fingerprint density at radius 1 is 1.40 bits per heavy atom. The van der Waals surface area contributed by atoms with E-state index in [0.29, 0.717) is 21.8 Å². The van der Waals surface area contributed by atoms with E-state index >= 15 is 0 Å². The topological polar surface area (TPSA) is 47.0 Å². The van der Waals surface area contributed by atoms with Crippen molar-refractivity contribution in [3.05, 3.63) is 50.8 Å². The number of benzene rings is 1. The standard InChI is InChI=1S/C14H12N2O2S2/c1-2-18-10-5-3-4-9(8-10)16-13(17)12-11(6-7-20-12)15-14(16)19/h3-8H,2H2,1H3,(H,15,19). The molecule has 0 aliphatic heterocycles. The molecule has 0 saturated carbocycles. The van der Waals surface area contributed by atoms with Gasteiger partial charge in [0.05, 0.1) is 17.8 Å². The minimum atomic E-state index is -0.104. The van der Waals surface area contributed by atoms with E-state index in [1.807, 2.05) is 42.6 Å². The van der Waals surface area contributed by atoms with Gasteiger partial charge in [0.15, 0.2) is 4.77 Å². The second-order valence-corrected chi connectivity index (χ2v) is 5.47. The van der Waals surface area contributed by atoms with E-state index in [-0.39, 0.29) is 5.56 Å². The first-order valence-electron chi connectivity index (χ1n) is 6.16. The Morgan fingerprint density at radius 3 is 3.05 bits per heavy atom. The first kappa shape index (κ1) is 13.1. The highest BCUT2D eigenvalue weighted by Crippen LogP contribution is 2.19. The van der Waals surface area contributed by atoms with Crippen molar-refractivity contribution in [1.82, 2.24) is 9.55 Å². The summed E-state index contributed by atoms with van der Waals surface area (Å²) in [7, 11) is 0. The Kier molecular flexibility index (Phi) is 3.42. The third kappa shape index (κ3) is 2.17. The van der Waals surface area contributed by atoms with Gasteiger partial charge in [-0.3, -0.25) is 9.36 Å². The Bertz CT molecular complexity index is 877. The van der Waals surface area contributed by atoms with Gasteiger partial charge in [0.25, 0.3) is 5.56 Å². The summed E-state index contributed by atoms with van der Waals surface area (Å²) in [6, 6.07) is 9.22. The van der Waals surface area contributed by atoms with Gasteiger partial charge in [-0.1, -0.05) is 6.07 Å². The molecule has 102 valence electrons. The minimum absolute atomic E-state index is 0.104. The lowest BCUT2D eigenvalue weighted by molar-refractivity contribution is 0.340. The number of nitrogens with one attached hydrogen (secondary N) is 1. The molecule has 2 heterocycles. The zero-order valence-corrected chi connectivity index (χ0v) is 12.4. The van der Waals surface area contributed by atoms with Crippen molar-refractivity contribution >= 4 is 33.8 Å². The molecule has 0 atom stereocenters. The van der Waals surface area contributed by atoms with Crippen LogP contribution in [-0.2, 0) is 0 Å². The first-order chi connectivity index (χ1) is 9.70. The molecule has 1 N–H and O–H groups in total. The highest BCUT2D eigenvalue weighted by atomic mass is 32.1. The molecule has 6 heteroatoms. The van der Waals surface area contributed by atoms with Gasteiger partial charge in [-0.05, 0) is 42.7 Å². The van der Waals surface area contributed by atoms with Crippen LogP contribution in [0.15, 0.2) is 40.5 Å². The molecular formula is C14H12N2O2S2. The van der Waals surface area contributed by atoms with Crippen LogP contribution in [0.1, 0.15) is 6.92 Å². The number of ether oxygens (including phenoxy) is 1. The van der Waals surface area contributed by atoms with Crippen molar-refractivity contribution < 1.29 is 4.74 Å². The average Bonchev–Trinajstić information content (AvgIpc) is 2.88. The smallest absolute Gasteiger partial charge is 0.276 e. The molecule has 0 spiro atoms. The molecule has 0 aliphatic rings. The predicted octanol–water partition coefficient (Wildman–Crippen LogP) is 3.51. The van der Waals surface area contributed by atoms with Gasteiger partial charge in [0, 0.05) is 6.07 Å². The fourth-order valence-electron chi connectivity index (χ4n) is 2.05. The summed E-state index contributed by atoms with van der Waals surface area (Å²) in [6.45, 7) is 2.50. The van der Waals surface area contributed by atoms with Gasteiger partial charge in [-0.25, -0.2) is 0 Å². The number of aromatic amines is 1. The quantitative estimate of drug-likeness (QED) is 0.753. The third-order valence-corrected chi connectivity index (χ3v) is 4.08. The number of aromatic nitrogens is 2. The molecule has 0 fully saturated rings. The zero-order chi connectivity index (χ0) is 14.1. The van der Waals surface area contributed by atoms with E-state index in [1.54, 1.807) is 0 Å². The summed E-state index contributed by atoms with van der Waals surface area (Å²) in [5.74, 6) is 0.720. The van der Waals surface area contributed by atoms with E-state index in [2.05, 4.69) is 4.98 Å². The van der Waals surface area contributed by atoms with Gasteiger partial charge < -0.3 is 9.72 Å². The Balaban J connectivity index is 2.26. The van der Waals surface area contributed by atoms with Crippen LogP contribution < -0.4 is 10.3 Å². The summed E-state index contributed by atoms with van der Waals surface area (Å²) in [6.07, 6.45) is 0. The van der Waals surface area contributed by atoms with Crippen LogP contribution in [0.4, 0.5) is 0 Å². The van der Waals surface area contributed by atoms with Gasteiger partial charge in [-0.15, -0.1) is 11.3 Å². The molecule has 0 amide bonds. The third-order valence-electron chi connectivity index (χ3n) is 2.89. The molecule has 0 aliphatic carbocycles. The Labute approximate surface area is 124 Å². The number of hydrogen-bond donors (Lipinski definition) is 1. The molecule has 0 radical (unpaired) electrons. The van der Waals surface area contributed by atoms with Crippen LogP contribution >= 0.6 is 23.6 Å². The SMILES string of the molecule is CCOc1cccc(-n2c(=S)[nH]c3ccsc3c2=O)c1. The normalized spacial score (nSPS) is 10.8. The molecule has 2 aromatic heterocycles. The zero-order valence-electron chi connectivity index (χ0n) is 10.8. The maximum Gasteiger partial charge on any atom is 0.276 e. The van der Waals surface area contributed by atoms with Gasteiger partial charge in [0.1, 0.15) is 10.4 Å². The number of nitrogens with zero attached hydrogens (tertiary/aromatic N) is 1. The Hall–Kier alpha value is -1.92. The molecule has 20 heavy (non-hydrogen) atoms. The van der Waals surface area contributed by atoms with E-state index in [0.717, 1.165) is 11.3 Å². The van der Waals surface area contributed by atoms with Crippen molar-refractivity contribution in [2.24, 2.45) is 0 Å². The lowest BCUT2D eigenvalue weighted by Gasteiger charge is -2.09. The fourth-order valence-corrected chi connectivity index (χ4v) is 3.13. The molecule has 3 aromatic rings. The second kappa shape index (κ2) is 5.22. The summed E-state index contributed by atoms with van der Waals surface area (Å²) in [5, 5.41) is 1.87. The predicted molar refractivity (Wildman–Crippen MR) is 83.8 cm³/mol. The second-order valence-electron chi connectivity index (χ2n) is 4.16. The fraction of sp³-hybridized carbons (Fsp3) is 0.143. The van der Waals surface area contributed by atoms with Crippen molar-refractivity contribution in [3.63, 3.8) is 0 Å². The molecule has 0 unspecified atom stereocenters. The largest absolute Gasteiger partial charge is 0.494 e. The van der Waals surface area contributed by atoms with E-state index in [1.165, 1.54) is 15.9 Å². The van der Waals surface area contributed by atoms with Crippen LogP contribution in [0.2, 0.25) is 0 Å². The average molecular weight is 304 g/mol. The van der Waals surface area contributed by atoms with E-state index in [4.69, 9.17) is 17.0 Å². The Morgan fingerprint density at radius 2 is 2.25 bits per heavy atom. The molecular weight excluding hydrogens is 292 g/mol. The van der Waals surface area contributed by atoms with Crippen molar-refractivity contribution in [3.8, 4) is 11.4 Å². The monoisotopic (exact) mass is 304 g/mol. The maximum atomic E-state index is 12.5. The molecule has 3 rings (SSSR count). The summed E-state index contributed by atoms with van der Waals surface area (Å²) < 4.78 is 8.01. The van der Waals surface area contributed by atoms with Crippen LogP contribution in [0.25, 0.3) is 15.9 Å². The van der Waals surface area contributed by atoms with E-state index in [9.17, 15) is 4.79 Å². The number of rotatable bonds is 3. The highest BCUT2D eigenvalue weighted by molar-refractivity contribution is 7.71. The molecule has 4 nitrogen and oxygen atoms in total. The highest BCUT2D eigenvalue weighted by Gasteiger charge is 2.09. The van der Waals surface area contributed by atoms with Gasteiger partial charge in [-0.2, -0.15) is 0 Å². The summed E-state index contributed by atoms with van der Waals surface area (Å²) in [4.78, 5) is 15.6. The van der Waals surface area contributed by atoms with Crippen molar-refractivity contribution in [1.29, 1.82) is 0 Å². The van der Waals surface area contributed by atoms with E-state index < -0.39 is 0 Å². The lowest BCUT2D eigenvalue weighted by atomic mass is 10.3. The molecule has 1 aromatic carbocycles. The number of H-pyrrole nitrogens is 1. The lowest BCUT2D eigenvalue weighted by Crippen LogP contribution is -2.19. The van der Waals surface area contributed by atoms with Crippen molar-refractivity contribution in [2.45, 2.75) is 6.92 Å². The van der Waals surface area contributed by atoms with Gasteiger partial charge in [0.2, 0.25) is 0 Å². The van der Waals surface area contributed by atoms with Gasteiger partial charge >= 0.3 is 0 Å². The first-order valence-corrected chi connectivity index (χ1v) is 7.45. The molecule has 0 saturated heterocycles. The van der Waals surface area contributed by atoms with Crippen molar-refractivity contribution in [2.75, 3.05) is 6.61 Å². The molecule has 0 bridgehead atoms. The van der Waals surface area contributed by atoms with Crippen LogP contribution in [0.5, 0.6) is 5.75 Å². The number of fused-ring (bicyclic) bond motifs is 1.